The molecule has 0 spiro atoms. The number of furan rings is 1. The summed E-state index contributed by atoms with van der Waals surface area (Å²) in [6.07, 6.45) is 1.72. The number of anilines is 1. The molecular weight excluding hydrogens is 316 g/mol. The molecule has 2 aromatic rings. The molecule has 0 unspecified atom stereocenters. The van der Waals surface area contributed by atoms with E-state index < -0.39 is 0 Å². The lowest BCUT2D eigenvalue weighted by molar-refractivity contribution is -0.121. The molecule has 0 radical (unpaired) electrons. The van der Waals surface area contributed by atoms with Crippen molar-refractivity contribution in [3.8, 4) is 11.3 Å². The highest BCUT2D eigenvalue weighted by atomic mass is 32.2. The number of carbonyl (C=O) groups is 1. The van der Waals surface area contributed by atoms with Crippen LogP contribution in [-0.4, -0.2) is 21.7 Å². The summed E-state index contributed by atoms with van der Waals surface area (Å²) in [7, 11) is 0. The maximum Gasteiger partial charge on any atom is 0.266 e. The van der Waals surface area contributed by atoms with E-state index in [0.29, 0.717) is 33.0 Å². The summed E-state index contributed by atoms with van der Waals surface area (Å²) in [5, 5.41) is 0. The standard InChI is InChI=1S/C16H14N2O2S2/c1-2-18-15(19)14(22-16(18)21)9-10-7-8-13(20-10)11-5-3-4-6-12(11)17/h3-9H,2,17H2,1H3. The quantitative estimate of drug-likeness (QED) is 0.528. The Bertz CT molecular complexity index is 780. The largest absolute Gasteiger partial charge is 0.457 e. The highest BCUT2D eigenvalue weighted by Gasteiger charge is 2.30. The van der Waals surface area contributed by atoms with E-state index in [-0.39, 0.29) is 5.91 Å². The second kappa shape index (κ2) is 5.98. The minimum atomic E-state index is -0.0744. The predicted octanol–water partition coefficient (Wildman–Crippen LogP) is 3.75. The fraction of sp³-hybridized carbons (Fsp3) is 0.125. The van der Waals surface area contributed by atoms with Crippen molar-refractivity contribution in [1.29, 1.82) is 0 Å². The number of carbonyl (C=O) groups excluding carboxylic acids is 1. The number of amides is 1. The Morgan fingerprint density at radius 2 is 2.09 bits per heavy atom. The molecule has 2 heterocycles. The minimum absolute atomic E-state index is 0.0744. The Labute approximate surface area is 138 Å². The van der Waals surface area contributed by atoms with Crippen LogP contribution in [0.2, 0.25) is 0 Å². The molecule has 0 atom stereocenters. The fourth-order valence-corrected chi connectivity index (χ4v) is 3.56. The van der Waals surface area contributed by atoms with Crippen LogP contribution in [0.4, 0.5) is 5.69 Å². The number of nitrogens with zero attached hydrogens (tertiary/aromatic N) is 1. The van der Waals surface area contributed by atoms with Crippen LogP contribution in [0.1, 0.15) is 12.7 Å². The Hall–Kier alpha value is -2.05. The van der Waals surface area contributed by atoms with Crippen molar-refractivity contribution in [3.63, 3.8) is 0 Å². The van der Waals surface area contributed by atoms with Crippen LogP contribution in [0.5, 0.6) is 0 Å². The van der Waals surface area contributed by atoms with Crippen LogP contribution in [0.15, 0.2) is 45.7 Å². The summed E-state index contributed by atoms with van der Waals surface area (Å²) >= 11 is 6.48. The van der Waals surface area contributed by atoms with Gasteiger partial charge in [0.05, 0.1) is 4.91 Å². The van der Waals surface area contributed by atoms with Gasteiger partial charge in [0, 0.05) is 23.9 Å². The van der Waals surface area contributed by atoms with E-state index in [2.05, 4.69) is 0 Å². The fourth-order valence-electron chi connectivity index (χ4n) is 2.20. The zero-order valence-electron chi connectivity index (χ0n) is 11.9. The molecule has 1 aromatic carbocycles. The number of benzene rings is 1. The van der Waals surface area contributed by atoms with Crippen LogP contribution in [0.25, 0.3) is 17.4 Å². The summed E-state index contributed by atoms with van der Waals surface area (Å²) in [6, 6.07) is 11.2. The Morgan fingerprint density at radius 1 is 1.32 bits per heavy atom. The maximum absolute atomic E-state index is 12.2. The van der Waals surface area contributed by atoms with Gasteiger partial charge in [0.15, 0.2) is 0 Å². The zero-order valence-corrected chi connectivity index (χ0v) is 13.5. The van der Waals surface area contributed by atoms with Crippen molar-refractivity contribution >= 4 is 46.0 Å². The topological polar surface area (TPSA) is 59.5 Å². The third-order valence-corrected chi connectivity index (χ3v) is 4.69. The summed E-state index contributed by atoms with van der Waals surface area (Å²) in [6.45, 7) is 2.48. The lowest BCUT2D eigenvalue weighted by Crippen LogP contribution is -2.27. The van der Waals surface area contributed by atoms with Crippen molar-refractivity contribution < 1.29 is 9.21 Å². The average molecular weight is 330 g/mol. The summed E-state index contributed by atoms with van der Waals surface area (Å²) in [5.41, 5.74) is 7.43. The smallest absolute Gasteiger partial charge is 0.266 e. The Kier molecular flexibility index (Phi) is 4.04. The van der Waals surface area contributed by atoms with Crippen molar-refractivity contribution in [2.75, 3.05) is 12.3 Å². The second-order valence-electron chi connectivity index (χ2n) is 4.72. The lowest BCUT2D eigenvalue weighted by Gasteiger charge is -2.09. The predicted molar refractivity (Wildman–Crippen MR) is 94.1 cm³/mol. The molecule has 3 rings (SSSR count). The summed E-state index contributed by atoms with van der Waals surface area (Å²) < 4.78 is 6.36. The van der Waals surface area contributed by atoms with E-state index in [4.69, 9.17) is 22.4 Å². The first-order chi connectivity index (χ1) is 10.6. The first-order valence-electron chi connectivity index (χ1n) is 6.80. The maximum atomic E-state index is 12.2. The van der Waals surface area contributed by atoms with Crippen molar-refractivity contribution in [2.45, 2.75) is 6.92 Å². The van der Waals surface area contributed by atoms with Gasteiger partial charge in [0.2, 0.25) is 0 Å². The van der Waals surface area contributed by atoms with E-state index in [1.165, 1.54) is 11.8 Å². The van der Waals surface area contributed by atoms with E-state index in [1.807, 2.05) is 43.3 Å². The molecule has 1 aliphatic heterocycles. The highest BCUT2D eigenvalue weighted by Crippen LogP contribution is 2.34. The van der Waals surface area contributed by atoms with Crippen LogP contribution >= 0.6 is 24.0 Å². The zero-order chi connectivity index (χ0) is 15.7. The van der Waals surface area contributed by atoms with Gasteiger partial charge < -0.3 is 10.2 Å². The first kappa shape index (κ1) is 14.9. The number of thioether (sulfide) groups is 1. The van der Waals surface area contributed by atoms with Crippen molar-refractivity contribution in [1.82, 2.24) is 4.90 Å². The van der Waals surface area contributed by atoms with E-state index >= 15 is 0 Å². The number of rotatable bonds is 3. The van der Waals surface area contributed by atoms with Gasteiger partial charge in [-0.2, -0.15) is 0 Å². The molecule has 112 valence electrons. The van der Waals surface area contributed by atoms with Crippen LogP contribution in [-0.2, 0) is 4.79 Å². The minimum Gasteiger partial charge on any atom is -0.457 e. The van der Waals surface area contributed by atoms with Gasteiger partial charge in [-0.05, 0) is 31.2 Å². The van der Waals surface area contributed by atoms with E-state index in [0.717, 1.165) is 5.56 Å². The van der Waals surface area contributed by atoms with Crippen LogP contribution < -0.4 is 5.73 Å². The number of thiocarbonyl (C=S) groups is 1. The van der Waals surface area contributed by atoms with Gasteiger partial charge in [-0.15, -0.1) is 0 Å². The molecule has 1 saturated heterocycles. The highest BCUT2D eigenvalue weighted by molar-refractivity contribution is 8.26. The molecule has 0 aliphatic carbocycles. The number of hydrogen-bond acceptors (Lipinski definition) is 5. The van der Waals surface area contributed by atoms with E-state index in [1.54, 1.807) is 11.0 Å². The van der Waals surface area contributed by atoms with Gasteiger partial charge in [-0.25, -0.2) is 0 Å². The number of hydrogen-bond donors (Lipinski definition) is 1. The summed E-state index contributed by atoms with van der Waals surface area (Å²) in [4.78, 5) is 14.3. The first-order valence-corrected chi connectivity index (χ1v) is 8.02. The molecule has 6 heteroatoms. The van der Waals surface area contributed by atoms with Gasteiger partial charge in [-0.1, -0.05) is 36.1 Å². The molecule has 22 heavy (non-hydrogen) atoms. The van der Waals surface area contributed by atoms with Crippen LogP contribution in [0, 0.1) is 0 Å². The molecule has 4 nitrogen and oxygen atoms in total. The Balaban J connectivity index is 1.90. The van der Waals surface area contributed by atoms with Crippen LogP contribution in [0.3, 0.4) is 0 Å². The second-order valence-corrected chi connectivity index (χ2v) is 6.39. The number of nitrogens with two attached hydrogens (primary N) is 1. The molecule has 0 saturated carbocycles. The Morgan fingerprint density at radius 3 is 2.77 bits per heavy atom. The number of nitrogen functional groups attached to an aromatic ring is 1. The lowest BCUT2D eigenvalue weighted by atomic mass is 10.1. The summed E-state index contributed by atoms with van der Waals surface area (Å²) in [5.74, 6) is 1.21. The average Bonchev–Trinajstić information content (AvgIpc) is 3.05. The van der Waals surface area contributed by atoms with Gasteiger partial charge in [-0.3, -0.25) is 9.69 Å². The van der Waals surface area contributed by atoms with Gasteiger partial charge in [0.25, 0.3) is 5.91 Å². The van der Waals surface area contributed by atoms with Crippen molar-refractivity contribution in [3.05, 3.63) is 47.1 Å². The molecule has 1 aromatic heterocycles. The monoisotopic (exact) mass is 330 g/mol. The molecule has 2 N–H and O–H groups in total. The molecule has 1 amide bonds. The van der Waals surface area contributed by atoms with Crippen molar-refractivity contribution in [2.24, 2.45) is 0 Å². The normalized spacial score (nSPS) is 16.8. The molecular formula is C16H14N2O2S2. The number of likely N-dealkylation sites (N-methyl/N-ethyl adjacent to an activating group) is 1. The SMILES string of the molecule is CCN1C(=O)C(=Cc2ccc(-c3ccccc3N)o2)SC1=S. The van der Waals surface area contributed by atoms with Gasteiger partial charge in [0.1, 0.15) is 15.8 Å². The number of para-hydroxylation sites is 1. The molecule has 1 fully saturated rings. The molecule has 1 aliphatic rings. The van der Waals surface area contributed by atoms with Gasteiger partial charge >= 0.3 is 0 Å². The third kappa shape index (κ3) is 2.67. The molecule has 0 bridgehead atoms. The van der Waals surface area contributed by atoms with E-state index in [9.17, 15) is 4.79 Å². The third-order valence-electron chi connectivity index (χ3n) is 3.32.